The predicted octanol–water partition coefficient (Wildman–Crippen LogP) is 1.50. The van der Waals surface area contributed by atoms with Crippen LogP contribution in [0.5, 0.6) is 0 Å². The second kappa shape index (κ2) is 4.09. The largest absolute Gasteiger partial charge is 0.481 e. The van der Waals surface area contributed by atoms with E-state index >= 15 is 0 Å². The van der Waals surface area contributed by atoms with E-state index in [1.165, 1.54) is 0 Å². The van der Waals surface area contributed by atoms with Crippen molar-refractivity contribution in [3.05, 3.63) is 0 Å². The fourth-order valence-corrected chi connectivity index (χ4v) is 0.151. The fraction of sp³-hybridized carbons (Fsp3) is 0.833. The molecule has 0 aliphatic rings. The summed E-state index contributed by atoms with van der Waals surface area (Å²) in [6, 6.07) is 0. The van der Waals surface area contributed by atoms with E-state index in [1.807, 2.05) is 6.92 Å². The van der Waals surface area contributed by atoms with Crippen LogP contribution in [0, 0.1) is 5.41 Å². The van der Waals surface area contributed by atoms with Crippen LogP contribution in [0.4, 0.5) is 0 Å². The first-order chi connectivity index (χ1) is 3.50. The van der Waals surface area contributed by atoms with Crippen LogP contribution in [0.15, 0.2) is 0 Å². The summed E-state index contributed by atoms with van der Waals surface area (Å²) in [5.74, 6) is -0.722. The van der Waals surface area contributed by atoms with Crippen molar-refractivity contribution in [3.8, 4) is 0 Å². The molecule has 1 radical (unpaired) electrons. The number of hydrogen-bond donors (Lipinski definition) is 1. The predicted molar refractivity (Wildman–Crippen MR) is 31.7 cm³/mol. The molecule has 0 unspecified atom stereocenters. The summed E-state index contributed by atoms with van der Waals surface area (Å²) in [7, 11) is 0. The summed E-state index contributed by atoms with van der Waals surface area (Å²) in [6.07, 6.45) is 0.683. The van der Waals surface area contributed by atoms with Gasteiger partial charge in [-0.05, 0) is 20.3 Å². The minimum absolute atomic E-state index is 0. The summed E-state index contributed by atoms with van der Waals surface area (Å²) < 4.78 is 0. The summed E-state index contributed by atoms with van der Waals surface area (Å²) in [6.45, 7) is 5.30. The first kappa shape index (κ1) is 11.9. The standard InChI is InChI=1S/C6H12O2.Ag/c1-4-6(2,3)5(7)8;/h4H2,1-3H3,(H,7,8);. The van der Waals surface area contributed by atoms with Gasteiger partial charge in [0.25, 0.3) is 0 Å². The van der Waals surface area contributed by atoms with Crippen LogP contribution < -0.4 is 0 Å². The van der Waals surface area contributed by atoms with E-state index in [4.69, 9.17) is 5.11 Å². The van der Waals surface area contributed by atoms with Gasteiger partial charge in [0.2, 0.25) is 0 Å². The Kier molecular flexibility index (Phi) is 5.43. The minimum Gasteiger partial charge on any atom is -0.481 e. The molecule has 0 spiro atoms. The van der Waals surface area contributed by atoms with Gasteiger partial charge in [0.15, 0.2) is 0 Å². The van der Waals surface area contributed by atoms with Crippen LogP contribution in [0.3, 0.4) is 0 Å². The quantitative estimate of drug-likeness (QED) is 0.721. The minimum atomic E-state index is -0.722. The Morgan fingerprint density at radius 3 is 1.89 bits per heavy atom. The number of carboxylic acids is 1. The van der Waals surface area contributed by atoms with E-state index in [2.05, 4.69) is 0 Å². The zero-order valence-corrected chi connectivity index (χ0v) is 7.35. The van der Waals surface area contributed by atoms with Gasteiger partial charge in [-0.25, -0.2) is 0 Å². The summed E-state index contributed by atoms with van der Waals surface area (Å²) in [5.41, 5.74) is -0.542. The van der Waals surface area contributed by atoms with Crippen molar-refractivity contribution >= 4 is 5.97 Å². The molecule has 2 nitrogen and oxygen atoms in total. The van der Waals surface area contributed by atoms with Crippen LogP contribution in [-0.4, -0.2) is 11.1 Å². The summed E-state index contributed by atoms with van der Waals surface area (Å²) in [5, 5.41) is 8.44. The SMILES string of the molecule is CCC(C)(C)C(=O)O.[Ag]. The molecule has 0 aromatic heterocycles. The van der Waals surface area contributed by atoms with Gasteiger partial charge >= 0.3 is 5.97 Å². The maximum absolute atomic E-state index is 10.3. The molecule has 9 heavy (non-hydrogen) atoms. The molecule has 1 N–H and O–H groups in total. The average Bonchev–Trinajstić information content (AvgIpc) is 1.67. The fourth-order valence-electron chi connectivity index (χ4n) is 0.151. The molecule has 0 atom stereocenters. The maximum atomic E-state index is 10.3. The Morgan fingerprint density at radius 2 is 1.89 bits per heavy atom. The van der Waals surface area contributed by atoms with E-state index in [0.717, 1.165) is 0 Å². The van der Waals surface area contributed by atoms with Crippen LogP contribution in [-0.2, 0) is 27.2 Å². The molecule has 0 saturated carbocycles. The molecule has 3 heteroatoms. The molecule has 0 bridgehead atoms. The van der Waals surface area contributed by atoms with Gasteiger partial charge in [-0.2, -0.15) is 0 Å². The third-order valence-corrected chi connectivity index (χ3v) is 1.46. The first-order valence-electron chi connectivity index (χ1n) is 2.74. The van der Waals surface area contributed by atoms with Gasteiger partial charge in [0.05, 0.1) is 5.41 Å². The van der Waals surface area contributed by atoms with Crippen molar-refractivity contribution in [1.29, 1.82) is 0 Å². The second-order valence-electron chi connectivity index (χ2n) is 2.54. The number of hydrogen-bond acceptors (Lipinski definition) is 1. The van der Waals surface area contributed by atoms with E-state index in [1.54, 1.807) is 13.8 Å². The first-order valence-corrected chi connectivity index (χ1v) is 2.74. The Balaban J connectivity index is 0. The smallest absolute Gasteiger partial charge is 0.309 e. The number of carbonyl (C=O) groups is 1. The van der Waals surface area contributed by atoms with E-state index < -0.39 is 11.4 Å². The van der Waals surface area contributed by atoms with Gasteiger partial charge < -0.3 is 5.11 Å². The molecule has 59 valence electrons. The van der Waals surface area contributed by atoms with Crippen LogP contribution in [0.2, 0.25) is 0 Å². The number of carboxylic acid groups (broad SMARTS) is 1. The average molecular weight is 224 g/mol. The van der Waals surface area contributed by atoms with Gasteiger partial charge in [-0.15, -0.1) is 0 Å². The Labute approximate surface area is 71.2 Å². The topological polar surface area (TPSA) is 37.3 Å². The van der Waals surface area contributed by atoms with Crippen LogP contribution in [0.1, 0.15) is 27.2 Å². The van der Waals surface area contributed by atoms with Gasteiger partial charge in [-0.3, -0.25) is 4.79 Å². The number of aliphatic carboxylic acids is 1. The molecule has 0 heterocycles. The Morgan fingerprint density at radius 1 is 1.56 bits per heavy atom. The van der Waals surface area contributed by atoms with Crippen molar-refractivity contribution in [2.45, 2.75) is 27.2 Å². The van der Waals surface area contributed by atoms with Crippen molar-refractivity contribution in [1.82, 2.24) is 0 Å². The van der Waals surface area contributed by atoms with Crippen molar-refractivity contribution in [2.75, 3.05) is 0 Å². The van der Waals surface area contributed by atoms with E-state index in [0.29, 0.717) is 6.42 Å². The molecule has 0 aromatic carbocycles. The maximum Gasteiger partial charge on any atom is 0.309 e. The van der Waals surface area contributed by atoms with Crippen molar-refractivity contribution in [3.63, 3.8) is 0 Å². The Hall–Kier alpha value is 0.210. The third-order valence-electron chi connectivity index (χ3n) is 1.46. The normalized spacial score (nSPS) is 10.1. The van der Waals surface area contributed by atoms with Gasteiger partial charge in [0, 0.05) is 22.4 Å². The van der Waals surface area contributed by atoms with Crippen LogP contribution in [0.25, 0.3) is 0 Å². The molecule has 0 rings (SSSR count). The molecular formula is C6H12AgO2. The van der Waals surface area contributed by atoms with Gasteiger partial charge in [0.1, 0.15) is 0 Å². The molecule has 0 fully saturated rings. The monoisotopic (exact) mass is 223 g/mol. The zero-order chi connectivity index (χ0) is 6.78. The molecule has 0 amide bonds. The second-order valence-corrected chi connectivity index (χ2v) is 2.54. The number of rotatable bonds is 2. The molecule has 0 aromatic rings. The molecular weight excluding hydrogens is 212 g/mol. The molecule has 0 aliphatic carbocycles. The third kappa shape index (κ3) is 3.73. The summed E-state index contributed by atoms with van der Waals surface area (Å²) in [4.78, 5) is 10.3. The molecule has 0 saturated heterocycles. The Bertz CT molecular complexity index is 99.2. The van der Waals surface area contributed by atoms with E-state index in [9.17, 15) is 4.79 Å². The summed E-state index contributed by atoms with van der Waals surface area (Å²) >= 11 is 0. The van der Waals surface area contributed by atoms with Gasteiger partial charge in [-0.1, -0.05) is 6.92 Å². The van der Waals surface area contributed by atoms with Crippen LogP contribution >= 0.6 is 0 Å². The molecule has 0 aliphatic heterocycles. The van der Waals surface area contributed by atoms with E-state index in [-0.39, 0.29) is 22.4 Å². The van der Waals surface area contributed by atoms with Crippen molar-refractivity contribution in [2.24, 2.45) is 5.41 Å². The zero-order valence-electron chi connectivity index (χ0n) is 5.86. The van der Waals surface area contributed by atoms with Crippen molar-refractivity contribution < 1.29 is 32.3 Å².